The predicted molar refractivity (Wildman–Crippen MR) is 142 cm³/mol. The molecule has 0 heterocycles. The number of hydrogen-bond donors (Lipinski definition) is 5. The third kappa shape index (κ3) is 10.7. The molecule has 0 saturated heterocycles. The second-order valence-corrected chi connectivity index (χ2v) is 10.4. The van der Waals surface area contributed by atoms with Crippen LogP contribution in [0.5, 0.6) is 0 Å². The maximum atomic E-state index is 13.8. The summed E-state index contributed by atoms with van der Waals surface area (Å²) in [5, 5.41) is 4.98. The van der Waals surface area contributed by atoms with Gasteiger partial charge in [0.15, 0.2) is 5.96 Å². The lowest BCUT2D eigenvalue weighted by Gasteiger charge is -2.22. The highest BCUT2D eigenvalue weighted by atomic mass is 32.2. The Morgan fingerprint density at radius 2 is 1.74 bits per heavy atom. The fourth-order valence-corrected chi connectivity index (χ4v) is 4.46. The number of amides is 2. The van der Waals surface area contributed by atoms with Gasteiger partial charge in [0.2, 0.25) is 21.8 Å². The first-order chi connectivity index (χ1) is 18.4. The van der Waals surface area contributed by atoms with Crippen LogP contribution >= 0.6 is 0 Å². The summed E-state index contributed by atoms with van der Waals surface area (Å²) in [4.78, 5) is 41.9. The summed E-state index contributed by atoms with van der Waals surface area (Å²) in [6, 6.07) is 9.09. The smallest absolute Gasteiger partial charge is 0.328 e. The maximum Gasteiger partial charge on any atom is 0.328 e. The van der Waals surface area contributed by atoms with E-state index in [4.69, 9.17) is 16.2 Å². The minimum absolute atomic E-state index is 0.0309. The van der Waals surface area contributed by atoms with Gasteiger partial charge in [-0.05, 0) is 49.6 Å². The Morgan fingerprint density at radius 3 is 2.36 bits per heavy atom. The molecule has 2 amide bonds. The Morgan fingerprint density at radius 1 is 1.05 bits per heavy atom. The van der Waals surface area contributed by atoms with Crippen LogP contribution in [0, 0.1) is 12.7 Å². The molecule has 0 bridgehead atoms. The monoisotopic (exact) mass is 564 g/mol. The minimum Gasteiger partial charge on any atom is -0.467 e. The average molecular weight is 565 g/mol. The van der Waals surface area contributed by atoms with Gasteiger partial charge in [-0.2, -0.15) is 0 Å². The van der Waals surface area contributed by atoms with Crippen molar-refractivity contribution in [1.29, 1.82) is 0 Å². The van der Waals surface area contributed by atoms with E-state index in [-0.39, 0.29) is 30.2 Å². The van der Waals surface area contributed by atoms with Gasteiger partial charge in [0.05, 0.1) is 18.6 Å². The summed E-state index contributed by atoms with van der Waals surface area (Å²) in [5.74, 6) is -2.97. The number of benzene rings is 2. The highest BCUT2D eigenvalue weighted by Gasteiger charge is 2.28. The van der Waals surface area contributed by atoms with Crippen LogP contribution in [-0.2, 0) is 35.6 Å². The Kier molecular flexibility index (Phi) is 11.8. The molecule has 0 aliphatic carbocycles. The van der Waals surface area contributed by atoms with Crippen molar-refractivity contribution >= 4 is 33.8 Å². The number of ether oxygens (including phenoxy) is 1. The van der Waals surface area contributed by atoms with Crippen molar-refractivity contribution in [3.05, 3.63) is 65.5 Å². The summed E-state index contributed by atoms with van der Waals surface area (Å²) in [7, 11) is -2.84. The molecule has 39 heavy (non-hydrogen) atoms. The average Bonchev–Trinajstić information content (AvgIpc) is 2.88. The molecule has 0 unspecified atom stereocenters. The number of aliphatic imine (C=N–C) groups is 1. The molecule has 0 fully saturated rings. The van der Waals surface area contributed by atoms with Crippen molar-refractivity contribution in [2.75, 3.05) is 20.2 Å². The number of carbonyl (C=O) groups excluding carboxylic acids is 3. The fraction of sp³-hybridized carbons (Fsp3) is 0.360. The minimum atomic E-state index is -4.00. The van der Waals surface area contributed by atoms with E-state index in [0.29, 0.717) is 12.0 Å². The Balaban J connectivity index is 2.14. The highest BCUT2D eigenvalue weighted by molar-refractivity contribution is 7.89. The number of nitrogens with two attached hydrogens (primary N) is 2. The first-order valence-electron chi connectivity index (χ1n) is 11.9. The quantitative estimate of drug-likeness (QED) is 0.0904. The summed E-state index contributed by atoms with van der Waals surface area (Å²) in [6.07, 6.45) is 0.327. The van der Waals surface area contributed by atoms with Crippen LogP contribution < -0.4 is 26.8 Å². The van der Waals surface area contributed by atoms with Crippen molar-refractivity contribution in [3.8, 4) is 0 Å². The number of aryl methyl sites for hydroxylation is 1. The number of nitrogens with zero attached hydrogens (tertiary/aromatic N) is 1. The SMILES string of the molecule is COC(=O)[C@H](CCCN=C(N)N)NC(=O)[C@H](Cc1cccc(F)c1)NC(=O)CNS(=O)(=O)c1ccc(C)cc1. The number of sulfonamides is 1. The lowest BCUT2D eigenvalue weighted by Crippen LogP contribution is -2.54. The third-order valence-corrected chi connectivity index (χ3v) is 6.90. The first-order valence-corrected chi connectivity index (χ1v) is 13.4. The molecule has 0 saturated carbocycles. The Bertz CT molecular complexity index is 1280. The van der Waals surface area contributed by atoms with Crippen molar-refractivity contribution in [3.63, 3.8) is 0 Å². The van der Waals surface area contributed by atoms with Crippen LogP contribution in [-0.4, -0.2) is 64.4 Å². The van der Waals surface area contributed by atoms with E-state index in [0.717, 1.165) is 12.7 Å². The van der Waals surface area contributed by atoms with Gasteiger partial charge in [-0.25, -0.2) is 22.3 Å². The zero-order valence-corrected chi connectivity index (χ0v) is 22.5. The number of nitrogens with one attached hydrogen (secondary N) is 3. The Labute approximate surface area is 226 Å². The topological polar surface area (TPSA) is 195 Å². The molecule has 12 nitrogen and oxygen atoms in total. The molecule has 0 aliphatic rings. The van der Waals surface area contributed by atoms with Crippen LogP contribution in [0.1, 0.15) is 24.0 Å². The summed E-state index contributed by atoms with van der Waals surface area (Å²) < 4.78 is 45.8. The van der Waals surface area contributed by atoms with Gasteiger partial charge in [0.1, 0.15) is 17.9 Å². The molecular formula is C25H33FN6O6S. The molecule has 0 aromatic heterocycles. The summed E-state index contributed by atoms with van der Waals surface area (Å²) in [6.45, 7) is 1.34. The van der Waals surface area contributed by atoms with E-state index in [2.05, 4.69) is 20.3 Å². The molecule has 2 aromatic rings. The zero-order valence-electron chi connectivity index (χ0n) is 21.6. The van der Waals surface area contributed by atoms with Gasteiger partial charge in [0.25, 0.3) is 0 Å². The van der Waals surface area contributed by atoms with Crippen LogP contribution in [0.15, 0.2) is 58.4 Å². The van der Waals surface area contributed by atoms with E-state index in [1.807, 2.05) is 0 Å². The summed E-state index contributed by atoms with van der Waals surface area (Å²) >= 11 is 0. The molecule has 14 heteroatoms. The van der Waals surface area contributed by atoms with Crippen molar-refractivity contribution in [1.82, 2.24) is 15.4 Å². The van der Waals surface area contributed by atoms with E-state index in [9.17, 15) is 27.2 Å². The standard InChI is InChI=1S/C25H33FN6O6S/c1-16-8-10-19(11-9-16)39(36,37)30-15-22(33)31-21(14-17-5-3-6-18(26)13-17)23(34)32-20(24(35)38-2)7-4-12-29-25(27)28/h3,5-6,8-11,13,20-21,30H,4,7,12,14-15H2,1-2H3,(H,31,33)(H,32,34)(H4,27,28,29)/t20-,21-/m0/s1. The van der Waals surface area contributed by atoms with Gasteiger partial charge < -0.3 is 26.8 Å². The molecular weight excluding hydrogens is 531 g/mol. The molecule has 0 radical (unpaired) electrons. The molecule has 0 spiro atoms. The highest BCUT2D eigenvalue weighted by Crippen LogP contribution is 2.11. The summed E-state index contributed by atoms with van der Waals surface area (Å²) in [5.41, 5.74) is 11.8. The maximum absolute atomic E-state index is 13.8. The number of methoxy groups -OCH3 is 1. The van der Waals surface area contributed by atoms with Crippen molar-refractivity contribution < 1.29 is 31.9 Å². The predicted octanol–water partition coefficient (Wildman–Crippen LogP) is -0.149. The number of hydrogen-bond acceptors (Lipinski definition) is 7. The third-order valence-electron chi connectivity index (χ3n) is 5.48. The van der Waals surface area contributed by atoms with Gasteiger partial charge in [-0.3, -0.25) is 14.6 Å². The lowest BCUT2D eigenvalue weighted by atomic mass is 10.0. The van der Waals surface area contributed by atoms with E-state index >= 15 is 0 Å². The molecule has 2 atom stereocenters. The second-order valence-electron chi connectivity index (χ2n) is 8.62. The largest absolute Gasteiger partial charge is 0.467 e. The van der Waals surface area contributed by atoms with Gasteiger partial charge in [0, 0.05) is 13.0 Å². The zero-order chi connectivity index (χ0) is 29.0. The molecule has 2 rings (SSSR count). The first kappa shape index (κ1) is 31.2. The van der Waals surface area contributed by atoms with E-state index < -0.39 is 52.3 Å². The fourth-order valence-electron chi connectivity index (χ4n) is 3.48. The molecule has 2 aromatic carbocycles. The number of guanidine groups is 1. The van der Waals surface area contributed by atoms with Crippen LogP contribution in [0.3, 0.4) is 0 Å². The van der Waals surface area contributed by atoms with Gasteiger partial charge >= 0.3 is 5.97 Å². The van der Waals surface area contributed by atoms with Crippen LogP contribution in [0.2, 0.25) is 0 Å². The number of esters is 1. The number of halogens is 1. The van der Waals surface area contributed by atoms with Crippen LogP contribution in [0.4, 0.5) is 4.39 Å². The lowest BCUT2D eigenvalue weighted by molar-refractivity contribution is -0.145. The van der Waals surface area contributed by atoms with Gasteiger partial charge in [-0.1, -0.05) is 29.8 Å². The van der Waals surface area contributed by atoms with E-state index in [1.54, 1.807) is 25.1 Å². The normalized spacial score (nSPS) is 12.6. The van der Waals surface area contributed by atoms with Gasteiger partial charge in [-0.15, -0.1) is 0 Å². The molecule has 212 valence electrons. The second kappa shape index (κ2) is 14.8. The number of carbonyl (C=O) groups is 3. The van der Waals surface area contributed by atoms with Crippen molar-refractivity contribution in [2.45, 2.75) is 43.2 Å². The van der Waals surface area contributed by atoms with E-state index in [1.165, 1.54) is 30.3 Å². The van der Waals surface area contributed by atoms with Crippen LogP contribution in [0.25, 0.3) is 0 Å². The molecule has 0 aliphatic heterocycles. The number of rotatable bonds is 14. The molecule has 7 N–H and O–H groups in total. The Hall–Kier alpha value is -4.04. The van der Waals surface area contributed by atoms with Crippen molar-refractivity contribution in [2.24, 2.45) is 16.5 Å².